The molecule has 152 valence electrons. The van der Waals surface area contributed by atoms with Gasteiger partial charge in [-0.2, -0.15) is 13.2 Å². The van der Waals surface area contributed by atoms with Crippen LogP contribution in [0.5, 0.6) is 5.75 Å². The first-order chi connectivity index (χ1) is 13.6. The van der Waals surface area contributed by atoms with Crippen molar-refractivity contribution in [2.75, 3.05) is 5.32 Å². The van der Waals surface area contributed by atoms with Crippen LogP contribution in [-0.2, 0) is 12.8 Å². The minimum atomic E-state index is -4.52. The van der Waals surface area contributed by atoms with Gasteiger partial charge in [0, 0.05) is 5.56 Å². The number of thiophene rings is 1. The average molecular weight is 440 g/mol. The summed E-state index contributed by atoms with van der Waals surface area (Å²) in [5.74, 6) is 0.220. The van der Waals surface area contributed by atoms with Crippen molar-refractivity contribution in [2.24, 2.45) is 0 Å². The first kappa shape index (κ1) is 21.2. The van der Waals surface area contributed by atoms with Crippen LogP contribution in [0.3, 0.4) is 0 Å². The summed E-state index contributed by atoms with van der Waals surface area (Å²) in [6.45, 7) is 4.23. The molecule has 3 aromatic rings. The average Bonchev–Trinajstić information content (AvgIpc) is 3.11. The fraction of sp³-hybridized carbons (Fsp3) is 0.190. The fourth-order valence-corrected chi connectivity index (χ4v) is 3.63. The molecule has 0 aliphatic heterocycles. The summed E-state index contributed by atoms with van der Waals surface area (Å²) in [4.78, 5) is 12.8. The van der Waals surface area contributed by atoms with Gasteiger partial charge in [-0.25, -0.2) is 0 Å². The second-order valence-corrected chi connectivity index (χ2v) is 7.84. The molecule has 0 aliphatic carbocycles. The molecule has 0 aliphatic rings. The van der Waals surface area contributed by atoms with Gasteiger partial charge < -0.3 is 10.1 Å². The van der Waals surface area contributed by atoms with E-state index in [2.05, 4.69) is 5.32 Å². The predicted octanol–water partition coefficient (Wildman–Crippen LogP) is 6.87. The Labute approximate surface area is 175 Å². The molecule has 3 nitrogen and oxygen atoms in total. The van der Waals surface area contributed by atoms with E-state index in [1.807, 2.05) is 32.0 Å². The van der Waals surface area contributed by atoms with Gasteiger partial charge in [0.25, 0.3) is 5.91 Å². The molecule has 0 radical (unpaired) electrons. The van der Waals surface area contributed by atoms with Gasteiger partial charge in [-0.1, -0.05) is 29.3 Å². The molecule has 1 amide bonds. The molecule has 0 saturated heterocycles. The third kappa shape index (κ3) is 5.31. The van der Waals surface area contributed by atoms with Gasteiger partial charge in [0.05, 0.1) is 21.2 Å². The van der Waals surface area contributed by atoms with Crippen LogP contribution in [0, 0.1) is 13.8 Å². The van der Waals surface area contributed by atoms with E-state index in [0.717, 1.165) is 40.6 Å². The van der Waals surface area contributed by atoms with Crippen LogP contribution < -0.4 is 10.1 Å². The standard InChI is InChI=1S/C21H17ClF3NO2S/c1-12-3-6-18(13(2)7-12)28-10-14-8-19(29-11-14)20(27)26-17-9-15(21(23,24)25)4-5-16(17)22/h3-9,11H,10H2,1-2H3,(H,26,27). The smallest absolute Gasteiger partial charge is 0.416 e. The van der Waals surface area contributed by atoms with Crippen molar-refractivity contribution < 1.29 is 22.7 Å². The summed E-state index contributed by atoms with van der Waals surface area (Å²) < 4.78 is 44.4. The Balaban J connectivity index is 1.68. The topological polar surface area (TPSA) is 38.3 Å². The quantitative estimate of drug-likeness (QED) is 0.471. The zero-order chi connectivity index (χ0) is 21.2. The van der Waals surface area contributed by atoms with E-state index in [0.29, 0.717) is 4.88 Å². The highest BCUT2D eigenvalue weighted by Crippen LogP contribution is 2.34. The fourth-order valence-electron chi connectivity index (χ4n) is 2.67. The van der Waals surface area contributed by atoms with Crippen molar-refractivity contribution in [1.29, 1.82) is 0 Å². The Bertz CT molecular complexity index is 1050. The number of nitrogens with one attached hydrogen (secondary N) is 1. The highest BCUT2D eigenvalue weighted by atomic mass is 35.5. The Kier molecular flexibility index (Phi) is 6.19. The third-order valence-corrected chi connectivity index (χ3v) is 5.45. The lowest BCUT2D eigenvalue weighted by Gasteiger charge is -2.11. The molecule has 1 N–H and O–H groups in total. The van der Waals surface area contributed by atoms with Crippen molar-refractivity contribution in [3.8, 4) is 5.75 Å². The maximum Gasteiger partial charge on any atom is 0.416 e. The molecular formula is C21H17ClF3NO2S. The number of hydrogen-bond acceptors (Lipinski definition) is 3. The summed E-state index contributed by atoms with van der Waals surface area (Å²) in [5, 5.41) is 4.24. The molecule has 3 rings (SSSR count). The Morgan fingerprint density at radius 2 is 1.90 bits per heavy atom. The molecule has 0 spiro atoms. The number of hydrogen-bond donors (Lipinski definition) is 1. The van der Waals surface area contributed by atoms with E-state index in [4.69, 9.17) is 16.3 Å². The van der Waals surface area contributed by atoms with Crippen molar-refractivity contribution in [1.82, 2.24) is 0 Å². The summed E-state index contributed by atoms with van der Waals surface area (Å²) in [7, 11) is 0. The molecule has 0 atom stereocenters. The van der Waals surface area contributed by atoms with Crippen molar-refractivity contribution in [3.05, 3.63) is 80.0 Å². The van der Waals surface area contributed by atoms with E-state index in [1.54, 1.807) is 11.4 Å². The second kappa shape index (κ2) is 8.47. The Morgan fingerprint density at radius 1 is 1.14 bits per heavy atom. The van der Waals surface area contributed by atoms with Gasteiger partial charge in [0.1, 0.15) is 12.4 Å². The molecule has 1 aromatic heterocycles. The number of ether oxygens (including phenoxy) is 1. The van der Waals surface area contributed by atoms with Crippen LogP contribution >= 0.6 is 22.9 Å². The number of aryl methyl sites for hydroxylation is 2. The van der Waals surface area contributed by atoms with Crippen LogP contribution in [0.15, 0.2) is 47.8 Å². The zero-order valence-corrected chi connectivity index (χ0v) is 17.1. The first-order valence-corrected chi connectivity index (χ1v) is 9.85. The number of benzene rings is 2. The van der Waals surface area contributed by atoms with Gasteiger partial charge in [0.2, 0.25) is 0 Å². The number of carbonyl (C=O) groups excluding carboxylic acids is 1. The van der Waals surface area contributed by atoms with Crippen molar-refractivity contribution in [2.45, 2.75) is 26.6 Å². The minimum Gasteiger partial charge on any atom is -0.489 e. The maximum absolute atomic E-state index is 12.9. The summed E-state index contributed by atoms with van der Waals surface area (Å²) in [6, 6.07) is 10.3. The van der Waals surface area contributed by atoms with E-state index in [-0.39, 0.29) is 17.3 Å². The maximum atomic E-state index is 12.9. The predicted molar refractivity (Wildman–Crippen MR) is 109 cm³/mol. The van der Waals surface area contributed by atoms with Gasteiger partial charge in [-0.05, 0) is 55.1 Å². The summed E-state index contributed by atoms with van der Waals surface area (Å²) >= 11 is 7.10. The largest absolute Gasteiger partial charge is 0.489 e. The van der Waals surface area contributed by atoms with Gasteiger partial charge in [0.15, 0.2) is 0 Å². The highest BCUT2D eigenvalue weighted by Gasteiger charge is 2.31. The van der Waals surface area contributed by atoms with Gasteiger partial charge in [-0.15, -0.1) is 11.3 Å². The normalized spacial score (nSPS) is 11.4. The van der Waals surface area contributed by atoms with Crippen LogP contribution in [-0.4, -0.2) is 5.91 Å². The SMILES string of the molecule is Cc1ccc(OCc2csc(C(=O)Nc3cc(C(F)(F)F)ccc3Cl)c2)c(C)c1. The molecule has 29 heavy (non-hydrogen) atoms. The van der Waals surface area contributed by atoms with E-state index < -0.39 is 17.6 Å². The molecule has 0 bridgehead atoms. The number of anilines is 1. The van der Waals surface area contributed by atoms with Gasteiger partial charge in [-0.3, -0.25) is 4.79 Å². The lowest BCUT2D eigenvalue weighted by Crippen LogP contribution is -2.12. The summed E-state index contributed by atoms with van der Waals surface area (Å²) in [6.07, 6.45) is -4.52. The number of halogens is 4. The second-order valence-electron chi connectivity index (χ2n) is 6.52. The summed E-state index contributed by atoms with van der Waals surface area (Å²) in [5.41, 5.74) is 1.96. The van der Waals surface area contributed by atoms with Crippen LogP contribution in [0.1, 0.15) is 31.9 Å². The highest BCUT2D eigenvalue weighted by molar-refractivity contribution is 7.12. The van der Waals surface area contributed by atoms with Crippen LogP contribution in [0.25, 0.3) is 0 Å². The third-order valence-electron chi connectivity index (χ3n) is 4.14. The molecule has 0 fully saturated rings. The van der Waals surface area contributed by atoms with E-state index in [1.165, 1.54) is 11.3 Å². The molecule has 8 heteroatoms. The van der Waals surface area contributed by atoms with E-state index in [9.17, 15) is 18.0 Å². The molecule has 1 heterocycles. The first-order valence-electron chi connectivity index (χ1n) is 8.59. The number of carbonyl (C=O) groups is 1. The number of amides is 1. The van der Waals surface area contributed by atoms with Crippen molar-refractivity contribution in [3.63, 3.8) is 0 Å². The monoisotopic (exact) mass is 439 g/mol. The van der Waals surface area contributed by atoms with E-state index >= 15 is 0 Å². The number of rotatable bonds is 5. The van der Waals surface area contributed by atoms with Gasteiger partial charge >= 0.3 is 6.18 Å². The van der Waals surface area contributed by atoms with Crippen molar-refractivity contribution >= 4 is 34.5 Å². The molecule has 2 aromatic carbocycles. The van der Waals surface area contributed by atoms with Crippen LogP contribution in [0.2, 0.25) is 5.02 Å². The number of alkyl halides is 3. The lowest BCUT2D eigenvalue weighted by molar-refractivity contribution is -0.137. The van der Waals surface area contributed by atoms with Crippen LogP contribution in [0.4, 0.5) is 18.9 Å². The molecule has 0 unspecified atom stereocenters. The molecular weight excluding hydrogens is 423 g/mol. The lowest BCUT2D eigenvalue weighted by atomic mass is 10.1. The Hall–Kier alpha value is -2.51. The minimum absolute atomic E-state index is 0.0290. The zero-order valence-electron chi connectivity index (χ0n) is 15.6. The molecule has 0 saturated carbocycles. The Morgan fingerprint density at radius 3 is 2.59 bits per heavy atom.